The number of nitrogens with zero attached hydrogens (tertiary/aromatic N) is 3. The summed E-state index contributed by atoms with van der Waals surface area (Å²) in [7, 11) is 0.332. The van der Waals surface area contributed by atoms with Crippen LogP contribution in [-0.2, 0) is 10.0 Å². The predicted molar refractivity (Wildman–Crippen MR) is 114 cm³/mol. The number of benzene rings is 1. The highest BCUT2D eigenvalue weighted by Gasteiger charge is 2.23. The number of likely N-dealkylation sites (N-methyl/N-ethyl adjacent to an activating group) is 1. The maximum absolute atomic E-state index is 12.4. The molecule has 1 N–H and O–H groups in total. The molecule has 152 valence electrons. The first kappa shape index (κ1) is 22.1. The van der Waals surface area contributed by atoms with E-state index in [9.17, 15) is 8.42 Å². The molecule has 1 fully saturated rings. The van der Waals surface area contributed by atoms with Gasteiger partial charge in [-0.25, -0.2) is 12.7 Å². The van der Waals surface area contributed by atoms with Crippen molar-refractivity contribution in [1.82, 2.24) is 14.5 Å². The number of nitrogens with one attached hydrogen (secondary N) is 1. The third-order valence-electron chi connectivity index (χ3n) is 4.07. The maximum atomic E-state index is 12.4. The van der Waals surface area contributed by atoms with Crippen molar-refractivity contribution in [2.24, 2.45) is 4.99 Å². The topological polar surface area (TPSA) is 74.2 Å². The average molecular weight is 435 g/mol. The molecule has 1 aromatic rings. The van der Waals surface area contributed by atoms with Gasteiger partial charge in [0.1, 0.15) is 12.4 Å². The van der Waals surface area contributed by atoms with Gasteiger partial charge in [-0.15, -0.1) is 0 Å². The molecule has 0 amide bonds. The van der Waals surface area contributed by atoms with Gasteiger partial charge in [0.05, 0.1) is 12.3 Å². The fourth-order valence-electron chi connectivity index (χ4n) is 2.59. The minimum absolute atomic E-state index is 0.0591. The molecule has 0 bridgehead atoms. The molecule has 2 rings (SSSR count). The van der Waals surface area contributed by atoms with Crippen LogP contribution in [0.4, 0.5) is 0 Å². The lowest BCUT2D eigenvalue weighted by Gasteiger charge is -2.26. The van der Waals surface area contributed by atoms with Crippen LogP contribution in [0, 0.1) is 0 Å². The van der Waals surface area contributed by atoms with Crippen molar-refractivity contribution in [3.63, 3.8) is 0 Å². The van der Waals surface area contributed by atoms with Gasteiger partial charge in [0.25, 0.3) is 0 Å². The Morgan fingerprint density at radius 1 is 1.41 bits per heavy atom. The SMILES string of the molecule is CN=C(NCCS(=O)(=O)N1CCSCC1)N(C)CCOc1cccc(Cl)c1. The Hall–Kier alpha value is -1.16. The number of hydrogen-bond acceptors (Lipinski definition) is 5. The number of guanidine groups is 1. The molecule has 10 heteroatoms. The van der Waals surface area contributed by atoms with Gasteiger partial charge in [-0.2, -0.15) is 11.8 Å². The van der Waals surface area contributed by atoms with Crippen molar-refractivity contribution in [2.75, 3.05) is 64.1 Å². The lowest BCUT2D eigenvalue weighted by molar-refractivity contribution is 0.281. The quantitative estimate of drug-likeness (QED) is 0.495. The molecule has 1 aliphatic heterocycles. The van der Waals surface area contributed by atoms with Crippen LogP contribution in [-0.4, -0.2) is 87.7 Å². The molecule has 1 aromatic carbocycles. The first-order valence-corrected chi connectivity index (χ1v) is 11.9. The van der Waals surface area contributed by atoms with Gasteiger partial charge in [-0.3, -0.25) is 4.99 Å². The van der Waals surface area contributed by atoms with Gasteiger partial charge in [0, 0.05) is 50.3 Å². The molecule has 0 unspecified atom stereocenters. The summed E-state index contributed by atoms with van der Waals surface area (Å²) in [5, 5.41) is 3.74. The second-order valence-corrected chi connectivity index (χ2v) is 9.78. The predicted octanol–water partition coefficient (Wildman–Crippen LogP) is 1.60. The number of thioether (sulfide) groups is 1. The molecule has 0 atom stereocenters. The molecule has 0 saturated carbocycles. The van der Waals surface area contributed by atoms with Crippen molar-refractivity contribution in [1.29, 1.82) is 0 Å². The Balaban J connectivity index is 1.73. The van der Waals surface area contributed by atoms with E-state index >= 15 is 0 Å². The largest absolute Gasteiger partial charge is 0.492 e. The summed E-state index contributed by atoms with van der Waals surface area (Å²) in [5.74, 6) is 3.13. The molecule has 0 aliphatic carbocycles. The summed E-state index contributed by atoms with van der Waals surface area (Å²) in [4.78, 5) is 6.10. The molecule has 1 saturated heterocycles. The molecule has 0 spiro atoms. The Morgan fingerprint density at radius 2 is 2.15 bits per heavy atom. The normalized spacial score (nSPS) is 16.2. The maximum Gasteiger partial charge on any atom is 0.215 e. The number of halogens is 1. The molecule has 0 radical (unpaired) electrons. The molecule has 1 heterocycles. The number of ether oxygens (including phenoxy) is 1. The van der Waals surface area contributed by atoms with E-state index in [0.717, 1.165) is 11.5 Å². The molecular formula is C17H27ClN4O3S2. The summed E-state index contributed by atoms with van der Waals surface area (Å²) in [6, 6.07) is 7.24. The third-order valence-corrected chi connectivity index (χ3v) is 7.12. The number of aliphatic imine (C=N–C) groups is 1. The van der Waals surface area contributed by atoms with Crippen LogP contribution in [0.25, 0.3) is 0 Å². The Morgan fingerprint density at radius 3 is 2.81 bits per heavy atom. The highest BCUT2D eigenvalue weighted by molar-refractivity contribution is 7.99. The first-order chi connectivity index (χ1) is 12.9. The first-order valence-electron chi connectivity index (χ1n) is 8.78. The van der Waals surface area contributed by atoms with Crippen LogP contribution >= 0.6 is 23.4 Å². The summed E-state index contributed by atoms with van der Waals surface area (Å²) >= 11 is 7.73. The average Bonchev–Trinajstić information content (AvgIpc) is 2.66. The van der Waals surface area contributed by atoms with E-state index in [1.54, 1.807) is 35.2 Å². The van der Waals surface area contributed by atoms with E-state index in [1.807, 2.05) is 24.1 Å². The summed E-state index contributed by atoms with van der Waals surface area (Å²) in [5.41, 5.74) is 0. The standard InChI is InChI=1S/C17H27ClN4O3S2/c1-19-17(20-6-13-27(23,24)22-8-11-26-12-9-22)21(2)7-10-25-16-5-3-4-15(18)14-16/h3-5,14H,6-13H2,1-2H3,(H,19,20). The van der Waals surface area contributed by atoms with E-state index in [0.29, 0.717) is 49.5 Å². The van der Waals surface area contributed by atoms with Gasteiger partial charge in [0.15, 0.2) is 5.96 Å². The Bertz CT molecular complexity index is 725. The van der Waals surface area contributed by atoms with Crippen molar-refractivity contribution < 1.29 is 13.2 Å². The molecule has 27 heavy (non-hydrogen) atoms. The van der Waals surface area contributed by atoms with E-state index in [2.05, 4.69) is 10.3 Å². The van der Waals surface area contributed by atoms with E-state index in [1.165, 1.54) is 0 Å². The van der Waals surface area contributed by atoms with Gasteiger partial charge < -0.3 is 15.0 Å². The number of sulfonamides is 1. The number of rotatable bonds is 8. The minimum atomic E-state index is -3.22. The second-order valence-electron chi connectivity index (χ2n) is 6.03. The van der Waals surface area contributed by atoms with Gasteiger partial charge >= 0.3 is 0 Å². The van der Waals surface area contributed by atoms with Crippen molar-refractivity contribution in [3.05, 3.63) is 29.3 Å². The van der Waals surface area contributed by atoms with E-state index in [4.69, 9.17) is 16.3 Å². The van der Waals surface area contributed by atoms with Gasteiger partial charge in [-0.1, -0.05) is 17.7 Å². The van der Waals surface area contributed by atoms with Crippen LogP contribution in [0.15, 0.2) is 29.3 Å². The zero-order chi connectivity index (χ0) is 19.7. The smallest absolute Gasteiger partial charge is 0.215 e. The van der Waals surface area contributed by atoms with Crippen LogP contribution in [0.2, 0.25) is 5.02 Å². The van der Waals surface area contributed by atoms with Gasteiger partial charge in [-0.05, 0) is 18.2 Å². The highest BCUT2D eigenvalue weighted by atomic mass is 35.5. The van der Waals surface area contributed by atoms with Gasteiger partial charge in [0.2, 0.25) is 10.0 Å². The van der Waals surface area contributed by atoms with Crippen LogP contribution in [0.5, 0.6) is 5.75 Å². The Labute approximate surface area is 171 Å². The fourth-order valence-corrected chi connectivity index (χ4v) is 5.27. The minimum Gasteiger partial charge on any atom is -0.492 e. The monoisotopic (exact) mass is 434 g/mol. The van der Waals surface area contributed by atoms with Crippen LogP contribution in [0.1, 0.15) is 0 Å². The highest BCUT2D eigenvalue weighted by Crippen LogP contribution is 2.17. The van der Waals surface area contributed by atoms with Crippen LogP contribution in [0.3, 0.4) is 0 Å². The van der Waals surface area contributed by atoms with E-state index < -0.39 is 10.0 Å². The molecule has 1 aliphatic rings. The molecule has 0 aromatic heterocycles. The second kappa shape index (κ2) is 11.0. The summed E-state index contributed by atoms with van der Waals surface area (Å²) in [6.45, 7) is 2.58. The zero-order valence-electron chi connectivity index (χ0n) is 15.7. The van der Waals surface area contributed by atoms with Crippen LogP contribution < -0.4 is 10.1 Å². The zero-order valence-corrected chi connectivity index (χ0v) is 18.1. The summed E-state index contributed by atoms with van der Waals surface area (Å²) < 4.78 is 32.0. The molecular weight excluding hydrogens is 408 g/mol. The third kappa shape index (κ3) is 7.40. The lowest BCUT2D eigenvalue weighted by Crippen LogP contribution is -2.45. The lowest BCUT2D eigenvalue weighted by atomic mass is 10.3. The fraction of sp³-hybridized carbons (Fsp3) is 0.588. The van der Waals surface area contributed by atoms with Crippen molar-refractivity contribution >= 4 is 39.3 Å². The number of hydrogen-bond donors (Lipinski definition) is 1. The molecule has 7 nitrogen and oxygen atoms in total. The van der Waals surface area contributed by atoms with Crippen molar-refractivity contribution in [2.45, 2.75) is 0 Å². The van der Waals surface area contributed by atoms with E-state index in [-0.39, 0.29) is 5.75 Å². The summed E-state index contributed by atoms with van der Waals surface area (Å²) in [6.07, 6.45) is 0. The van der Waals surface area contributed by atoms with Crippen molar-refractivity contribution in [3.8, 4) is 5.75 Å². The Kier molecular flexibility index (Phi) is 9.01.